The van der Waals surface area contributed by atoms with E-state index in [0.717, 1.165) is 61.0 Å². The van der Waals surface area contributed by atoms with Crippen LogP contribution in [0.15, 0.2) is 194 Å². The zero-order chi connectivity index (χ0) is 72.2. The summed E-state index contributed by atoms with van der Waals surface area (Å²) in [4.78, 5) is 0. The van der Waals surface area contributed by atoms with E-state index in [-0.39, 0.29) is 41.0 Å². The first-order valence-corrected chi connectivity index (χ1v) is 35.0. The van der Waals surface area contributed by atoms with Crippen LogP contribution in [0.5, 0.6) is 0 Å². The van der Waals surface area contributed by atoms with Crippen LogP contribution in [-0.4, -0.2) is 0 Å². The normalized spacial score (nSPS) is 10.5. The second-order valence-electron chi connectivity index (χ2n) is 27.2. The maximum Gasteiger partial charge on any atom is 0.126 e. The van der Waals surface area contributed by atoms with Gasteiger partial charge in [0.25, 0.3) is 0 Å². The minimum absolute atomic E-state index is 0.0833. The lowest BCUT2D eigenvalue weighted by Gasteiger charge is -2.09. The standard InChI is InChI=1S/C11H16.C10H13Cl.3C10H13F.2C10H14.C9H11Cl.C9H11F/c1-4-10-7-5-6-8-11(10)9(2)3;1-7(2)9-4-5-10(11)8(3)6-9;1-7(2)9-4-8(3)5-10(11)6-9;2*1-7(2)10-8(3)5-4-6-9(10)11;2*1-8(2)10-7-5-4-6-9(10)3;1-7(2)8-3-5-9(10)6-4-8;1-7(2)8-5-3-4-6-9(8)10/h5-9H,4H2,1-3H3;4*4-7H,1-3H3;2*4-8H,1-3H3;2*3-7H,1-2H3. The lowest BCUT2D eigenvalue weighted by Crippen LogP contribution is -1.95. The van der Waals surface area contributed by atoms with Crippen LogP contribution in [0.1, 0.15) is 274 Å². The number of hydrogen-bond acceptors (Lipinski definition) is 0. The van der Waals surface area contributed by atoms with E-state index >= 15 is 0 Å². The molecular formula is C89H118Cl2F4. The van der Waals surface area contributed by atoms with Crippen LogP contribution in [0.25, 0.3) is 0 Å². The van der Waals surface area contributed by atoms with E-state index in [9.17, 15) is 17.6 Å². The molecule has 0 unspecified atom stereocenters. The van der Waals surface area contributed by atoms with Crippen molar-refractivity contribution in [3.05, 3.63) is 316 Å². The highest BCUT2D eigenvalue weighted by Crippen LogP contribution is 2.26. The molecule has 95 heavy (non-hydrogen) atoms. The van der Waals surface area contributed by atoms with Gasteiger partial charge in [0.2, 0.25) is 0 Å². The van der Waals surface area contributed by atoms with Crippen LogP contribution in [0.2, 0.25) is 10.0 Å². The van der Waals surface area contributed by atoms with Crippen LogP contribution in [0, 0.1) is 64.8 Å². The summed E-state index contributed by atoms with van der Waals surface area (Å²) in [6.45, 7) is 52.6. The molecule has 0 saturated heterocycles. The Kier molecular flexibility index (Phi) is 41.5. The molecule has 9 aromatic carbocycles. The number of halogens is 6. The molecule has 6 heteroatoms. The van der Waals surface area contributed by atoms with E-state index in [0.29, 0.717) is 35.5 Å². The van der Waals surface area contributed by atoms with Crippen molar-refractivity contribution in [2.24, 2.45) is 0 Å². The Balaban J connectivity index is 0.000000535. The number of aryl methyl sites for hydroxylation is 7. The highest BCUT2D eigenvalue weighted by Gasteiger charge is 2.10. The summed E-state index contributed by atoms with van der Waals surface area (Å²) in [6, 6.07) is 62.4. The molecule has 0 N–H and O–H groups in total. The van der Waals surface area contributed by atoms with Crippen LogP contribution in [0.4, 0.5) is 17.6 Å². The number of rotatable bonds is 10. The fourth-order valence-corrected chi connectivity index (χ4v) is 10.8. The smallest absolute Gasteiger partial charge is 0.126 e. The van der Waals surface area contributed by atoms with Crippen molar-refractivity contribution in [3.63, 3.8) is 0 Å². The first-order valence-electron chi connectivity index (χ1n) is 34.3. The van der Waals surface area contributed by atoms with Crippen LogP contribution in [0.3, 0.4) is 0 Å². The number of hydrogen-bond donors (Lipinski definition) is 0. The Labute approximate surface area is 586 Å². The fourth-order valence-electron chi connectivity index (χ4n) is 10.6. The van der Waals surface area contributed by atoms with Crippen molar-refractivity contribution in [3.8, 4) is 0 Å². The van der Waals surface area contributed by atoms with Crippen molar-refractivity contribution in [2.75, 3.05) is 0 Å². The Hall–Kier alpha value is -6.72. The fraction of sp³-hybridized carbons (Fsp3) is 0.393. The molecule has 9 rings (SSSR count). The van der Waals surface area contributed by atoms with Gasteiger partial charge in [-0.05, 0) is 239 Å². The van der Waals surface area contributed by atoms with E-state index < -0.39 is 0 Å². The largest absolute Gasteiger partial charge is 0.207 e. The van der Waals surface area contributed by atoms with Crippen LogP contribution >= 0.6 is 23.2 Å². The molecule has 0 radical (unpaired) electrons. The van der Waals surface area contributed by atoms with Crippen molar-refractivity contribution in [1.29, 1.82) is 0 Å². The molecule has 0 aromatic heterocycles. The van der Waals surface area contributed by atoms with Gasteiger partial charge in [0.05, 0.1) is 0 Å². The summed E-state index contributed by atoms with van der Waals surface area (Å²) < 4.78 is 51.8. The molecule has 0 amide bonds. The third-order valence-corrected chi connectivity index (χ3v) is 16.7. The maximum atomic E-state index is 13.1. The summed E-state index contributed by atoms with van der Waals surface area (Å²) in [6.07, 6.45) is 1.15. The second-order valence-corrected chi connectivity index (χ2v) is 28.1. The van der Waals surface area contributed by atoms with Gasteiger partial charge in [-0.15, -0.1) is 0 Å². The quantitative estimate of drug-likeness (QED) is 0.120. The average molecular weight is 1330 g/mol. The molecule has 0 bridgehead atoms. The molecular weight excluding hydrogens is 1220 g/mol. The molecule has 0 fully saturated rings. The molecule has 0 aliphatic carbocycles. The van der Waals surface area contributed by atoms with Crippen LogP contribution in [-0.2, 0) is 6.42 Å². The first kappa shape index (κ1) is 86.3. The predicted octanol–water partition coefficient (Wildman–Crippen LogP) is 29.6. The molecule has 0 spiro atoms. The average Bonchev–Trinajstić information content (AvgIpc) is 1.07. The van der Waals surface area contributed by atoms with E-state index in [1.54, 1.807) is 30.3 Å². The maximum absolute atomic E-state index is 13.1. The lowest BCUT2D eigenvalue weighted by molar-refractivity contribution is 0.595. The molecule has 0 aliphatic rings. The summed E-state index contributed by atoms with van der Waals surface area (Å²) in [5.74, 6) is 3.99. The van der Waals surface area contributed by atoms with Gasteiger partial charge < -0.3 is 0 Å². The van der Waals surface area contributed by atoms with Gasteiger partial charge >= 0.3 is 0 Å². The SMILES string of the molecule is CC(C)c1ccc(Cl)cc1.CC(C)c1ccccc1F.CCc1ccccc1C(C)C.Cc1cc(C(C)C)ccc1Cl.Cc1cc(F)cc(C(C)C)c1.Cc1cccc(F)c1C(C)C.Cc1cccc(F)c1C(C)C.Cc1ccccc1C(C)C.Cc1ccccc1C(C)C. The monoisotopic (exact) mass is 1330 g/mol. The molecule has 516 valence electrons. The Morgan fingerprint density at radius 2 is 0.642 bits per heavy atom. The van der Waals surface area contributed by atoms with Gasteiger partial charge in [-0.3, -0.25) is 0 Å². The summed E-state index contributed by atoms with van der Waals surface area (Å²) >= 11 is 11.6. The Morgan fingerprint density at radius 1 is 0.284 bits per heavy atom. The van der Waals surface area contributed by atoms with Gasteiger partial charge in [0.1, 0.15) is 23.3 Å². The van der Waals surface area contributed by atoms with Crippen molar-refractivity contribution in [1.82, 2.24) is 0 Å². The predicted molar refractivity (Wildman–Crippen MR) is 412 cm³/mol. The Bertz CT molecular complexity index is 3330. The lowest BCUT2D eigenvalue weighted by atomic mass is 9.96. The van der Waals surface area contributed by atoms with Crippen molar-refractivity contribution < 1.29 is 17.6 Å². The molecule has 0 nitrogen and oxygen atoms in total. The summed E-state index contributed by atoms with van der Waals surface area (Å²) in [7, 11) is 0. The molecule has 9 aromatic rings. The minimum Gasteiger partial charge on any atom is -0.207 e. The Morgan fingerprint density at radius 3 is 0.947 bits per heavy atom. The van der Waals surface area contributed by atoms with E-state index in [2.05, 4.69) is 201 Å². The van der Waals surface area contributed by atoms with Crippen LogP contribution < -0.4 is 0 Å². The van der Waals surface area contributed by atoms with Gasteiger partial charge in [0, 0.05) is 10.0 Å². The van der Waals surface area contributed by atoms with Gasteiger partial charge in [0.15, 0.2) is 0 Å². The molecule has 0 aliphatic heterocycles. The minimum atomic E-state index is -0.131. The number of benzene rings is 9. The third kappa shape index (κ3) is 33.2. The zero-order valence-corrected chi connectivity index (χ0v) is 64.2. The highest BCUT2D eigenvalue weighted by molar-refractivity contribution is 6.31. The third-order valence-electron chi connectivity index (χ3n) is 16.0. The molecule has 0 atom stereocenters. The van der Waals surface area contributed by atoms with E-state index in [1.165, 1.54) is 62.7 Å². The summed E-state index contributed by atoms with van der Waals surface area (Å²) in [5.41, 5.74) is 19.2. The van der Waals surface area contributed by atoms with Gasteiger partial charge in [-0.2, -0.15) is 0 Å². The first-order chi connectivity index (χ1) is 44.6. The van der Waals surface area contributed by atoms with Crippen molar-refractivity contribution >= 4 is 23.2 Å². The van der Waals surface area contributed by atoms with Gasteiger partial charge in [-0.25, -0.2) is 17.6 Å². The van der Waals surface area contributed by atoms with E-state index in [1.807, 2.05) is 118 Å². The highest BCUT2D eigenvalue weighted by atomic mass is 35.5. The molecule has 0 saturated carbocycles. The van der Waals surface area contributed by atoms with Crippen molar-refractivity contribution in [2.45, 2.75) is 233 Å². The topological polar surface area (TPSA) is 0 Å². The summed E-state index contributed by atoms with van der Waals surface area (Å²) in [5, 5.41) is 1.67. The van der Waals surface area contributed by atoms with Gasteiger partial charge in [-0.1, -0.05) is 300 Å². The molecule has 0 heterocycles. The van der Waals surface area contributed by atoms with E-state index in [4.69, 9.17) is 23.2 Å². The second kappa shape index (κ2) is 45.7. The zero-order valence-electron chi connectivity index (χ0n) is 62.6.